The lowest BCUT2D eigenvalue weighted by atomic mass is 10.0. The molecule has 1 aromatic rings. The Bertz CT molecular complexity index is 985. The summed E-state index contributed by atoms with van der Waals surface area (Å²) in [6, 6.07) is 6.62. The van der Waals surface area contributed by atoms with Crippen LogP contribution in [0.2, 0.25) is 0 Å². The number of alkyl halides is 3. The molecule has 6 nitrogen and oxygen atoms in total. The van der Waals surface area contributed by atoms with E-state index in [-0.39, 0.29) is 5.70 Å². The van der Waals surface area contributed by atoms with Crippen molar-refractivity contribution in [3.63, 3.8) is 0 Å². The fourth-order valence-corrected chi connectivity index (χ4v) is 5.03. The Hall–Kier alpha value is -2.52. The van der Waals surface area contributed by atoms with Gasteiger partial charge < -0.3 is 25.3 Å². The standard InChI is InChI=1S/C29H45F3N6/c1-6-8-9-28(38-14-12-24(33-4)13-15-38)26(29(30,31)32)21-34-22(3)35-27-11-10-25(20-23(27)7-2)37-18-16-36(5)17-19-37/h9-11,20-21,24,33H,6-8,12-19H2,1-5H3,(H,34,35)/b26-21+,28-9-. The lowest BCUT2D eigenvalue weighted by molar-refractivity contribution is -0.0919. The molecule has 38 heavy (non-hydrogen) atoms. The zero-order valence-electron chi connectivity index (χ0n) is 23.7. The van der Waals surface area contributed by atoms with Crippen LogP contribution >= 0.6 is 0 Å². The summed E-state index contributed by atoms with van der Waals surface area (Å²) < 4.78 is 42.9. The maximum atomic E-state index is 14.3. The lowest BCUT2D eigenvalue weighted by Gasteiger charge is -2.36. The number of anilines is 2. The molecule has 2 aliphatic heterocycles. The first-order valence-corrected chi connectivity index (χ1v) is 13.9. The third-order valence-corrected chi connectivity index (χ3v) is 7.49. The summed E-state index contributed by atoms with van der Waals surface area (Å²) in [5.41, 5.74) is 2.74. The Balaban J connectivity index is 1.82. The Morgan fingerprint density at radius 2 is 1.76 bits per heavy atom. The number of aliphatic imine (C=N–C) groups is 1. The maximum absolute atomic E-state index is 14.3. The summed E-state index contributed by atoms with van der Waals surface area (Å²) in [4.78, 5) is 10.8. The second kappa shape index (κ2) is 14.0. The van der Waals surface area contributed by atoms with Gasteiger partial charge in [-0.25, -0.2) is 4.99 Å². The highest BCUT2D eigenvalue weighted by Crippen LogP contribution is 2.35. The van der Waals surface area contributed by atoms with Crippen LogP contribution < -0.4 is 15.5 Å². The van der Waals surface area contributed by atoms with Crippen LogP contribution in [0.4, 0.5) is 24.5 Å². The summed E-state index contributed by atoms with van der Waals surface area (Å²) in [5.74, 6) is 0.428. The Labute approximate surface area is 226 Å². The number of unbranched alkanes of at least 4 members (excludes halogenated alkanes) is 1. The average molecular weight is 535 g/mol. The normalized spacial score (nSPS) is 19.3. The van der Waals surface area contributed by atoms with Crippen molar-refractivity contribution < 1.29 is 13.2 Å². The second-order valence-corrected chi connectivity index (χ2v) is 10.3. The van der Waals surface area contributed by atoms with Crippen LogP contribution in [0, 0.1) is 0 Å². The summed E-state index contributed by atoms with van der Waals surface area (Å²) in [6.07, 6.45) is 2.05. The number of nitrogens with zero attached hydrogens (tertiary/aromatic N) is 4. The SMILES string of the molecule is CCC/C=C(/C(=C\N=C(C)Nc1ccc(N2CCN(C)CC2)cc1CC)C(F)(F)F)N1CCC(NC)CC1. The minimum Gasteiger partial charge on any atom is -0.371 e. The summed E-state index contributed by atoms with van der Waals surface area (Å²) in [7, 11) is 4.04. The smallest absolute Gasteiger partial charge is 0.371 e. The molecule has 0 bridgehead atoms. The highest BCUT2D eigenvalue weighted by Gasteiger charge is 2.38. The predicted molar refractivity (Wildman–Crippen MR) is 153 cm³/mol. The first-order chi connectivity index (χ1) is 18.2. The van der Waals surface area contributed by atoms with Crippen molar-refractivity contribution >= 4 is 17.2 Å². The van der Waals surface area contributed by atoms with Gasteiger partial charge in [0.25, 0.3) is 0 Å². The molecule has 2 aliphatic rings. The van der Waals surface area contributed by atoms with E-state index < -0.39 is 11.7 Å². The average Bonchev–Trinajstić information content (AvgIpc) is 2.90. The van der Waals surface area contributed by atoms with Crippen LogP contribution in [-0.4, -0.2) is 81.2 Å². The van der Waals surface area contributed by atoms with Crippen LogP contribution in [0.1, 0.15) is 52.0 Å². The molecule has 2 fully saturated rings. The number of halogens is 3. The lowest BCUT2D eigenvalue weighted by Crippen LogP contribution is -2.44. The summed E-state index contributed by atoms with van der Waals surface area (Å²) >= 11 is 0. The van der Waals surface area contributed by atoms with E-state index in [0.29, 0.717) is 31.4 Å². The molecule has 0 saturated carbocycles. The van der Waals surface area contributed by atoms with Gasteiger partial charge in [0.15, 0.2) is 0 Å². The predicted octanol–water partition coefficient (Wildman–Crippen LogP) is 5.65. The van der Waals surface area contributed by atoms with E-state index in [1.54, 1.807) is 13.0 Å². The van der Waals surface area contributed by atoms with Crippen molar-refractivity contribution in [2.24, 2.45) is 4.99 Å². The minimum absolute atomic E-state index is 0.247. The first kappa shape index (κ1) is 30.0. The van der Waals surface area contributed by atoms with E-state index in [4.69, 9.17) is 0 Å². The highest BCUT2D eigenvalue weighted by molar-refractivity contribution is 5.94. The van der Waals surface area contributed by atoms with Gasteiger partial charge in [0.2, 0.25) is 0 Å². The molecule has 0 amide bonds. The molecule has 0 aliphatic carbocycles. The number of rotatable bonds is 9. The molecule has 2 saturated heterocycles. The number of likely N-dealkylation sites (N-methyl/N-ethyl adjacent to an activating group) is 1. The van der Waals surface area contributed by atoms with Gasteiger partial charge in [0.1, 0.15) is 5.84 Å². The fourth-order valence-electron chi connectivity index (χ4n) is 5.03. The largest absolute Gasteiger partial charge is 0.419 e. The number of piperazine rings is 1. The third-order valence-electron chi connectivity index (χ3n) is 7.49. The van der Waals surface area contributed by atoms with Crippen molar-refractivity contribution in [2.75, 3.05) is 63.6 Å². The molecule has 0 unspecified atom stereocenters. The van der Waals surface area contributed by atoms with E-state index in [1.165, 1.54) is 5.69 Å². The van der Waals surface area contributed by atoms with Crippen molar-refractivity contribution in [3.05, 3.63) is 47.3 Å². The molecule has 1 aromatic carbocycles. The molecule has 212 valence electrons. The maximum Gasteiger partial charge on any atom is 0.419 e. The number of piperidine rings is 1. The van der Waals surface area contributed by atoms with Crippen LogP contribution in [-0.2, 0) is 6.42 Å². The van der Waals surface area contributed by atoms with Crippen LogP contribution in [0.25, 0.3) is 0 Å². The van der Waals surface area contributed by atoms with Gasteiger partial charge in [0.05, 0.1) is 5.57 Å². The number of benzene rings is 1. The van der Waals surface area contributed by atoms with Crippen LogP contribution in [0.15, 0.2) is 46.7 Å². The number of allylic oxidation sites excluding steroid dienone is 2. The quantitative estimate of drug-likeness (QED) is 0.244. The number of nitrogens with one attached hydrogen (secondary N) is 2. The van der Waals surface area contributed by atoms with Crippen molar-refractivity contribution in [1.29, 1.82) is 0 Å². The molecular weight excluding hydrogens is 489 g/mol. The van der Waals surface area contributed by atoms with Gasteiger partial charge in [-0.1, -0.05) is 26.3 Å². The zero-order chi connectivity index (χ0) is 27.7. The molecule has 3 rings (SSSR count). The first-order valence-electron chi connectivity index (χ1n) is 13.9. The molecule has 9 heteroatoms. The fraction of sp³-hybridized carbons (Fsp3) is 0.621. The van der Waals surface area contributed by atoms with Gasteiger partial charge in [-0.2, -0.15) is 13.2 Å². The minimum atomic E-state index is -4.50. The topological polar surface area (TPSA) is 46.1 Å². The second-order valence-electron chi connectivity index (χ2n) is 10.3. The van der Waals surface area contributed by atoms with E-state index in [9.17, 15) is 13.2 Å². The Morgan fingerprint density at radius 3 is 2.34 bits per heavy atom. The number of hydrogen-bond acceptors (Lipinski definition) is 5. The van der Waals surface area contributed by atoms with Crippen molar-refractivity contribution in [2.45, 2.75) is 65.1 Å². The van der Waals surface area contributed by atoms with Gasteiger partial charge in [-0.15, -0.1) is 0 Å². The van der Waals surface area contributed by atoms with Gasteiger partial charge in [-0.05, 0) is 70.5 Å². The van der Waals surface area contributed by atoms with Crippen LogP contribution in [0.5, 0.6) is 0 Å². The number of hydrogen-bond donors (Lipinski definition) is 2. The third kappa shape index (κ3) is 8.24. The number of amidine groups is 1. The molecule has 2 heterocycles. The van der Waals surface area contributed by atoms with Crippen LogP contribution in [0.3, 0.4) is 0 Å². The number of likely N-dealkylation sites (tertiary alicyclic amines) is 1. The van der Waals surface area contributed by atoms with E-state index in [2.05, 4.69) is 51.5 Å². The van der Waals surface area contributed by atoms with Crippen molar-refractivity contribution in [3.8, 4) is 0 Å². The molecule has 0 spiro atoms. The molecule has 0 aromatic heterocycles. The Kier molecular flexibility index (Phi) is 11.1. The van der Waals surface area contributed by atoms with E-state index in [1.807, 2.05) is 24.9 Å². The van der Waals surface area contributed by atoms with Gasteiger partial charge >= 0.3 is 6.18 Å². The molecule has 0 radical (unpaired) electrons. The molecule has 0 atom stereocenters. The number of aryl methyl sites for hydroxylation is 1. The van der Waals surface area contributed by atoms with Gasteiger partial charge in [-0.3, -0.25) is 0 Å². The van der Waals surface area contributed by atoms with Crippen molar-refractivity contribution in [1.82, 2.24) is 15.1 Å². The summed E-state index contributed by atoms with van der Waals surface area (Å²) in [6.45, 7) is 11.0. The molecular formula is C29H45F3N6. The summed E-state index contributed by atoms with van der Waals surface area (Å²) in [5, 5.41) is 6.50. The molecule has 2 N–H and O–H groups in total. The van der Waals surface area contributed by atoms with E-state index >= 15 is 0 Å². The van der Waals surface area contributed by atoms with E-state index in [0.717, 1.165) is 69.3 Å². The zero-order valence-corrected chi connectivity index (χ0v) is 23.7. The van der Waals surface area contributed by atoms with Gasteiger partial charge in [0, 0.05) is 68.6 Å². The Morgan fingerprint density at radius 1 is 1.08 bits per heavy atom. The highest BCUT2D eigenvalue weighted by atomic mass is 19.4. The monoisotopic (exact) mass is 534 g/mol.